The summed E-state index contributed by atoms with van der Waals surface area (Å²) in [5, 5.41) is 0. The number of rotatable bonds is 2. The molecule has 0 unspecified atom stereocenters. The molecule has 98 valence electrons. The first-order valence-electron chi connectivity index (χ1n) is 6.79. The second-order valence-electron chi connectivity index (χ2n) is 4.45. The zero-order valence-electron chi connectivity index (χ0n) is 11.6. The minimum Gasteiger partial charge on any atom is -0.345 e. The molecule has 0 bridgehead atoms. The van der Waals surface area contributed by atoms with E-state index in [0.717, 1.165) is 23.9 Å². The highest BCUT2D eigenvalue weighted by molar-refractivity contribution is 5.73. The molecule has 0 amide bonds. The molecule has 0 fully saturated rings. The molecule has 3 aromatic rings. The van der Waals surface area contributed by atoms with Gasteiger partial charge in [-0.1, -0.05) is 50.2 Å². The maximum Gasteiger partial charge on any atom is 0.0931 e. The van der Waals surface area contributed by atoms with Gasteiger partial charge in [0.15, 0.2) is 0 Å². The molecular weight excluding hydrogens is 232 g/mol. The zero-order chi connectivity index (χ0) is 13.5. The molecule has 0 aliphatic rings. The van der Waals surface area contributed by atoms with Gasteiger partial charge in [0.2, 0.25) is 0 Å². The van der Waals surface area contributed by atoms with E-state index in [1.807, 2.05) is 24.3 Å². The standard InChI is InChI=1S/C10H14.C7H6N2/c1-3-9-6-5-7-10(4-2)8-9;1-2-4-7-6(3-1)8-5-9-7/h5-8H,3-4H2,1-2H3;1-5H,(H,8,9). The third-order valence-corrected chi connectivity index (χ3v) is 3.14. The molecule has 0 saturated carbocycles. The monoisotopic (exact) mass is 252 g/mol. The lowest BCUT2D eigenvalue weighted by Gasteiger charge is -1.98. The summed E-state index contributed by atoms with van der Waals surface area (Å²) >= 11 is 0. The Morgan fingerprint density at radius 2 is 1.58 bits per heavy atom. The van der Waals surface area contributed by atoms with Crippen LogP contribution < -0.4 is 0 Å². The minimum atomic E-state index is 1.03. The SMILES string of the molecule is CCc1cccc(CC)c1.c1ccc2[nH]cnc2c1. The van der Waals surface area contributed by atoms with Crippen LogP contribution in [0.25, 0.3) is 11.0 Å². The fraction of sp³-hybridized carbons (Fsp3) is 0.235. The lowest BCUT2D eigenvalue weighted by atomic mass is 10.1. The summed E-state index contributed by atoms with van der Waals surface area (Å²) < 4.78 is 0. The molecule has 0 aliphatic carbocycles. The number of hydrogen-bond acceptors (Lipinski definition) is 1. The lowest BCUT2D eigenvalue weighted by molar-refractivity contribution is 1.09. The van der Waals surface area contributed by atoms with Crippen LogP contribution in [0.1, 0.15) is 25.0 Å². The van der Waals surface area contributed by atoms with Crippen LogP contribution >= 0.6 is 0 Å². The topological polar surface area (TPSA) is 28.7 Å². The van der Waals surface area contributed by atoms with E-state index >= 15 is 0 Å². The number of aryl methyl sites for hydroxylation is 2. The third-order valence-electron chi connectivity index (χ3n) is 3.14. The summed E-state index contributed by atoms with van der Waals surface area (Å²) in [5.74, 6) is 0. The van der Waals surface area contributed by atoms with E-state index in [-0.39, 0.29) is 0 Å². The Morgan fingerprint density at radius 3 is 2.21 bits per heavy atom. The molecule has 2 heteroatoms. The van der Waals surface area contributed by atoms with E-state index in [4.69, 9.17) is 0 Å². The van der Waals surface area contributed by atoms with Gasteiger partial charge in [-0.15, -0.1) is 0 Å². The lowest BCUT2D eigenvalue weighted by Crippen LogP contribution is -1.83. The van der Waals surface area contributed by atoms with Gasteiger partial charge in [-0.2, -0.15) is 0 Å². The van der Waals surface area contributed by atoms with Crippen molar-refractivity contribution < 1.29 is 0 Å². The van der Waals surface area contributed by atoms with Crippen LogP contribution in [0.5, 0.6) is 0 Å². The van der Waals surface area contributed by atoms with Crippen molar-refractivity contribution in [3.8, 4) is 0 Å². The molecule has 1 heterocycles. The van der Waals surface area contributed by atoms with E-state index in [1.165, 1.54) is 11.1 Å². The van der Waals surface area contributed by atoms with Crippen LogP contribution in [0.4, 0.5) is 0 Å². The van der Waals surface area contributed by atoms with Gasteiger partial charge in [0.1, 0.15) is 0 Å². The fourth-order valence-corrected chi connectivity index (χ4v) is 1.95. The number of benzene rings is 2. The Bertz CT molecular complexity index is 576. The number of aromatic amines is 1. The molecule has 0 spiro atoms. The van der Waals surface area contributed by atoms with Gasteiger partial charge in [0, 0.05) is 0 Å². The average molecular weight is 252 g/mol. The Morgan fingerprint density at radius 1 is 0.895 bits per heavy atom. The molecule has 0 aliphatic heterocycles. The van der Waals surface area contributed by atoms with Gasteiger partial charge in [0.05, 0.1) is 17.4 Å². The number of aromatic nitrogens is 2. The van der Waals surface area contributed by atoms with Crippen LogP contribution in [-0.4, -0.2) is 9.97 Å². The predicted molar refractivity (Wildman–Crippen MR) is 81.3 cm³/mol. The predicted octanol–water partition coefficient (Wildman–Crippen LogP) is 4.37. The first kappa shape index (κ1) is 13.3. The van der Waals surface area contributed by atoms with Gasteiger partial charge < -0.3 is 4.98 Å². The Labute approximate surface area is 114 Å². The van der Waals surface area contributed by atoms with Gasteiger partial charge >= 0.3 is 0 Å². The molecular formula is C17H20N2. The number of para-hydroxylation sites is 2. The van der Waals surface area contributed by atoms with Gasteiger partial charge in [-0.05, 0) is 36.1 Å². The Balaban J connectivity index is 0.000000141. The average Bonchev–Trinajstić information content (AvgIpc) is 2.96. The molecule has 2 aromatic carbocycles. The van der Waals surface area contributed by atoms with Crippen LogP contribution in [0.3, 0.4) is 0 Å². The molecule has 1 aromatic heterocycles. The summed E-state index contributed by atoms with van der Waals surface area (Å²) in [4.78, 5) is 7.07. The molecule has 2 nitrogen and oxygen atoms in total. The number of imidazole rings is 1. The minimum absolute atomic E-state index is 1.03. The fourth-order valence-electron chi connectivity index (χ4n) is 1.95. The highest BCUT2D eigenvalue weighted by atomic mass is 14.9. The van der Waals surface area contributed by atoms with Crippen LogP contribution in [-0.2, 0) is 12.8 Å². The second-order valence-corrected chi connectivity index (χ2v) is 4.45. The largest absolute Gasteiger partial charge is 0.345 e. The van der Waals surface area contributed by atoms with Crippen LogP contribution in [0.2, 0.25) is 0 Å². The second kappa shape index (κ2) is 6.74. The normalized spacial score (nSPS) is 10.0. The molecule has 3 rings (SSSR count). The number of fused-ring (bicyclic) bond motifs is 1. The Kier molecular flexibility index (Phi) is 4.73. The van der Waals surface area contributed by atoms with Crippen molar-refractivity contribution in [1.29, 1.82) is 0 Å². The van der Waals surface area contributed by atoms with E-state index in [9.17, 15) is 0 Å². The highest BCUT2D eigenvalue weighted by Gasteiger charge is 1.89. The molecule has 19 heavy (non-hydrogen) atoms. The summed E-state index contributed by atoms with van der Waals surface area (Å²) in [6, 6.07) is 16.7. The molecule has 0 saturated heterocycles. The van der Waals surface area contributed by atoms with Crippen molar-refractivity contribution in [3.05, 3.63) is 66.0 Å². The first-order valence-corrected chi connectivity index (χ1v) is 6.79. The summed E-state index contributed by atoms with van der Waals surface area (Å²) in [6.07, 6.45) is 3.99. The van der Waals surface area contributed by atoms with Gasteiger partial charge in [-0.25, -0.2) is 4.98 Å². The van der Waals surface area contributed by atoms with Gasteiger partial charge in [0.25, 0.3) is 0 Å². The first-order chi connectivity index (χ1) is 9.33. The van der Waals surface area contributed by atoms with E-state index < -0.39 is 0 Å². The van der Waals surface area contributed by atoms with E-state index in [0.29, 0.717) is 0 Å². The maximum absolute atomic E-state index is 4.06. The number of hydrogen-bond donors (Lipinski definition) is 1. The number of nitrogens with one attached hydrogen (secondary N) is 1. The number of nitrogens with zero attached hydrogens (tertiary/aromatic N) is 1. The molecule has 1 N–H and O–H groups in total. The summed E-state index contributed by atoms with van der Waals surface area (Å²) in [7, 11) is 0. The maximum atomic E-state index is 4.06. The molecule has 0 atom stereocenters. The Hall–Kier alpha value is -2.09. The van der Waals surface area contributed by atoms with Crippen molar-refractivity contribution in [2.45, 2.75) is 26.7 Å². The van der Waals surface area contributed by atoms with Crippen LogP contribution in [0, 0.1) is 0 Å². The third kappa shape index (κ3) is 3.68. The van der Waals surface area contributed by atoms with Gasteiger partial charge in [-0.3, -0.25) is 0 Å². The van der Waals surface area contributed by atoms with Crippen molar-refractivity contribution in [2.75, 3.05) is 0 Å². The smallest absolute Gasteiger partial charge is 0.0931 e. The molecule has 0 radical (unpaired) electrons. The van der Waals surface area contributed by atoms with Crippen molar-refractivity contribution >= 4 is 11.0 Å². The quantitative estimate of drug-likeness (QED) is 0.720. The summed E-state index contributed by atoms with van der Waals surface area (Å²) in [6.45, 7) is 4.38. The van der Waals surface area contributed by atoms with Crippen molar-refractivity contribution in [3.63, 3.8) is 0 Å². The highest BCUT2D eigenvalue weighted by Crippen LogP contribution is 2.06. The van der Waals surface area contributed by atoms with E-state index in [1.54, 1.807) is 6.33 Å². The van der Waals surface area contributed by atoms with Crippen molar-refractivity contribution in [2.24, 2.45) is 0 Å². The van der Waals surface area contributed by atoms with E-state index in [2.05, 4.69) is 48.1 Å². The zero-order valence-corrected chi connectivity index (χ0v) is 11.6. The van der Waals surface area contributed by atoms with Crippen LogP contribution in [0.15, 0.2) is 54.9 Å². The van der Waals surface area contributed by atoms with Crippen molar-refractivity contribution in [1.82, 2.24) is 9.97 Å². The number of H-pyrrole nitrogens is 1. The summed E-state index contributed by atoms with van der Waals surface area (Å²) in [5.41, 5.74) is 5.01.